The Bertz CT molecular complexity index is 522. The first-order valence-corrected chi connectivity index (χ1v) is 6.27. The molecule has 19 heavy (non-hydrogen) atoms. The third-order valence-corrected chi connectivity index (χ3v) is 3.09. The number of likely N-dealkylation sites (tertiary alicyclic amines) is 1. The number of hydrogen-bond acceptors (Lipinski definition) is 4. The number of benzene rings is 1. The fraction of sp³-hybridized carbons (Fsp3) is 0.400. The average molecular weight is 259 g/mol. The number of ketones is 1. The standard InChI is InChI=1S/C15H17NO3/c1-18-12-5-6-13(15(11-12)19-2)14(17)7-10-16-8-3-4-9-16/h5-6,11H,3-4,8-9H2,1-2H3. The van der Waals surface area contributed by atoms with E-state index >= 15 is 0 Å². The van der Waals surface area contributed by atoms with Crippen LogP contribution < -0.4 is 9.47 Å². The molecule has 0 saturated carbocycles. The zero-order valence-corrected chi connectivity index (χ0v) is 11.2. The number of Topliss-reactive ketones (excluding diaryl/α,β-unsaturated/α-hetero) is 1. The van der Waals surface area contributed by atoms with Crippen molar-refractivity contribution in [1.82, 2.24) is 4.90 Å². The van der Waals surface area contributed by atoms with Crippen molar-refractivity contribution in [3.63, 3.8) is 0 Å². The lowest BCUT2D eigenvalue weighted by atomic mass is 10.1. The minimum Gasteiger partial charge on any atom is -0.497 e. The van der Waals surface area contributed by atoms with Gasteiger partial charge in [-0.25, -0.2) is 0 Å². The highest BCUT2D eigenvalue weighted by molar-refractivity contribution is 6.10. The summed E-state index contributed by atoms with van der Waals surface area (Å²) < 4.78 is 10.3. The topological polar surface area (TPSA) is 38.8 Å². The van der Waals surface area contributed by atoms with Crippen molar-refractivity contribution in [2.45, 2.75) is 12.8 Å². The van der Waals surface area contributed by atoms with Gasteiger partial charge in [0.15, 0.2) is 0 Å². The molecule has 100 valence electrons. The molecule has 0 amide bonds. The first-order valence-electron chi connectivity index (χ1n) is 6.27. The summed E-state index contributed by atoms with van der Waals surface area (Å²) in [6, 6.07) is 8.00. The van der Waals surface area contributed by atoms with E-state index < -0.39 is 0 Å². The Balaban J connectivity index is 2.18. The lowest BCUT2D eigenvalue weighted by molar-refractivity contribution is 0.105. The molecule has 0 bridgehead atoms. The van der Waals surface area contributed by atoms with Crippen LogP contribution in [0.2, 0.25) is 0 Å². The van der Waals surface area contributed by atoms with Crippen LogP contribution in [0.15, 0.2) is 18.2 Å². The molecule has 1 heterocycles. The van der Waals surface area contributed by atoms with Gasteiger partial charge < -0.3 is 14.4 Å². The van der Waals surface area contributed by atoms with E-state index in [1.807, 2.05) is 4.90 Å². The molecule has 4 nitrogen and oxygen atoms in total. The molecule has 1 saturated heterocycles. The van der Waals surface area contributed by atoms with Gasteiger partial charge in [-0.2, -0.15) is 0 Å². The predicted molar refractivity (Wildman–Crippen MR) is 72.5 cm³/mol. The second-order valence-electron chi connectivity index (χ2n) is 4.33. The highest BCUT2D eigenvalue weighted by Crippen LogP contribution is 2.24. The molecule has 0 spiro atoms. The zero-order chi connectivity index (χ0) is 13.7. The molecule has 0 unspecified atom stereocenters. The van der Waals surface area contributed by atoms with Crippen LogP contribution >= 0.6 is 0 Å². The minimum absolute atomic E-state index is 0.230. The number of carbonyl (C=O) groups is 1. The van der Waals surface area contributed by atoms with Gasteiger partial charge in [0.2, 0.25) is 5.78 Å². The molecular formula is C15H17NO3. The van der Waals surface area contributed by atoms with Crippen LogP contribution in [0.3, 0.4) is 0 Å². The Hall–Kier alpha value is -2.15. The highest BCUT2D eigenvalue weighted by Gasteiger charge is 2.12. The summed E-state index contributed by atoms with van der Waals surface area (Å²) in [6.45, 7) is 1.89. The van der Waals surface area contributed by atoms with Gasteiger partial charge in [-0.15, -0.1) is 0 Å². The molecule has 0 atom stereocenters. The van der Waals surface area contributed by atoms with E-state index in [2.05, 4.69) is 12.0 Å². The van der Waals surface area contributed by atoms with Crippen LogP contribution in [0.5, 0.6) is 11.5 Å². The quantitative estimate of drug-likeness (QED) is 0.614. The average Bonchev–Trinajstić information content (AvgIpc) is 2.97. The Morgan fingerprint density at radius 2 is 1.95 bits per heavy atom. The number of methoxy groups -OCH3 is 2. The van der Waals surface area contributed by atoms with Gasteiger partial charge in [0.05, 0.1) is 19.8 Å². The first-order chi connectivity index (χ1) is 9.24. The van der Waals surface area contributed by atoms with Gasteiger partial charge in [-0.05, 0) is 25.0 Å². The lowest BCUT2D eigenvalue weighted by Crippen LogP contribution is -2.12. The molecule has 1 aliphatic rings. The minimum atomic E-state index is -0.230. The van der Waals surface area contributed by atoms with Crippen molar-refractivity contribution in [3.8, 4) is 23.5 Å². The molecule has 1 fully saturated rings. The summed E-state index contributed by atoms with van der Waals surface area (Å²) in [5, 5.41) is 0. The number of rotatable bonds is 3. The maximum Gasteiger partial charge on any atom is 0.241 e. The van der Waals surface area contributed by atoms with Gasteiger partial charge in [-0.3, -0.25) is 4.79 Å². The third kappa shape index (κ3) is 3.19. The predicted octanol–water partition coefficient (Wildman–Crippen LogP) is 1.94. The molecule has 0 N–H and O–H groups in total. The Kier molecular flexibility index (Phi) is 4.30. The number of hydrogen-bond donors (Lipinski definition) is 0. The van der Waals surface area contributed by atoms with E-state index in [0.29, 0.717) is 17.1 Å². The SMILES string of the molecule is COc1ccc(C(=O)C#CN2CCCC2)c(OC)c1. The third-order valence-electron chi connectivity index (χ3n) is 3.09. The van der Waals surface area contributed by atoms with E-state index in [9.17, 15) is 4.79 Å². The molecule has 0 radical (unpaired) electrons. The van der Waals surface area contributed by atoms with Crippen molar-refractivity contribution < 1.29 is 14.3 Å². The summed E-state index contributed by atoms with van der Waals surface area (Å²) in [5.41, 5.74) is 0.468. The molecule has 0 aromatic heterocycles. The summed E-state index contributed by atoms with van der Waals surface area (Å²) in [5.74, 6) is 3.58. The van der Waals surface area contributed by atoms with Gasteiger partial charge in [0.25, 0.3) is 0 Å². The van der Waals surface area contributed by atoms with Crippen LogP contribution in [-0.4, -0.2) is 38.0 Å². The van der Waals surface area contributed by atoms with Gasteiger partial charge in [0.1, 0.15) is 11.5 Å². The second kappa shape index (κ2) is 6.14. The van der Waals surface area contributed by atoms with Crippen molar-refractivity contribution in [1.29, 1.82) is 0 Å². The van der Waals surface area contributed by atoms with Crippen LogP contribution in [0.1, 0.15) is 23.2 Å². The summed E-state index contributed by atoms with van der Waals surface area (Å²) in [7, 11) is 3.10. The van der Waals surface area contributed by atoms with E-state index in [-0.39, 0.29) is 5.78 Å². The normalized spacial score (nSPS) is 13.7. The lowest BCUT2D eigenvalue weighted by Gasteiger charge is -2.08. The largest absolute Gasteiger partial charge is 0.497 e. The highest BCUT2D eigenvalue weighted by atomic mass is 16.5. The Morgan fingerprint density at radius 3 is 2.58 bits per heavy atom. The van der Waals surface area contributed by atoms with E-state index in [1.165, 1.54) is 7.11 Å². The van der Waals surface area contributed by atoms with Crippen LogP contribution in [0, 0.1) is 12.0 Å². The Labute approximate surface area is 113 Å². The molecule has 1 aromatic carbocycles. The van der Waals surface area contributed by atoms with E-state index in [1.54, 1.807) is 25.3 Å². The maximum absolute atomic E-state index is 12.1. The number of ether oxygens (including phenoxy) is 2. The summed E-state index contributed by atoms with van der Waals surface area (Å²) >= 11 is 0. The van der Waals surface area contributed by atoms with Gasteiger partial charge >= 0.3 is 0 Å². The summed E-state index contributed by atoms with van der Waals surface area (Å²) in [4.78, 5) is 14.0. The number of carbonyl (C=O) groups excluding carboxylic acids is 1. The second-order valence-corrected chi connectivity index (χ2v) is 4.33. The van der Waals surface area contributed by atoms with Crippen molar-refractivity contribution >= 4 is 5.78 Å². The zero-order valence-electron chi connectivity index (χ0n) is 11.2. The maximum atomic E-state index is 12.1. The smallest absolute Gasteiger partial charge is 0.241 e. The van der Waals surface area contributed by atoms with Gasteiger partial charge in [-0.1, -0.05) is 0 Å². The fourth-order valence-corrected chi connectivity index (χ4v) is 2.01. The molecular weight excluding hydrogens is 242 g/mol. The number of nitrogens with zero attached hydrogens (tertiary/aromatic N) is 1. The van der Waals surface area contributed by atoms with Crippen LogP contribution in [-0.2, 0) is 0 Å². The van der Waals surface area contributed by atoms with Crippen molar-refractivity contribution in [2.24, 2.45) is 0 Å². The van der Waals surface area contributed by atoms with Crippen LogP contribution in [0.25, 0.3) is 0 Å². The Morgan fingerprint density at radius 1 is 1.21 bits per heavy atom. The van der Waals surface area contributed by atoms with Crippen molar-refractivity contribution in [3.05, 3.63) is 23.8 Å². The van der Waals surface area contributed by atoms with Gasteiger partial charge in [0, 0.05) is 31.1 Å². The molecule has 0 aliphatic carbocycles. The van der Waals surface area contributed by atoms with Crippen molar-refractivity contribution in [2.75, 3.05) is 27.3 Å². The first kappa shape index (κ1) is 13.3. The van der Waals surface area contributed by atoms with E-state index in [0.717, 1.165) is 25.9 Å². The molecule has 1 aromatic rings. The molecule has 1 aliphatic heterocycles. The van der Waals surface area contributed by atoms with Crippen LogP contribution in [0.4, 0.5) is 0 Å². The fourth-order valence-electron chi connectivity index (χ4n) is 2.01. The van der Waals surface area contributed by atoms with E-state index in [4.69, 9.17) is 9.47 Å². The molecule has 4 heteroatoms. The summed E-state index contributed by atoms with van der Waals surface area (Å²) in [6.07, 6.45) is 2.30. The molecule has 2 rings (SSSR count). The monoisotopic (exact) mass is 259 g/mol.